The maximum Gasteiger partial charge on any atom is 0.295 e. The summed E-state index contributed by atoms with van der Waals surface area (Å²) in [4.78, 5) is 16.4. The van der Waals surface area contributed by atoms with E-state index in [-0.39, 0.29) is 11.8 Å². The molecule has 0 aliphatic carbocycles. The Hall–Kier alpha value is -3.04. The molecule has 3 rings (SSSR count). The van der Waals surface area contributed by atoms with Crippen LogP contribution < -0.4 is 14.2 Å². The van der Waals surface area contributed by atoms with Crippen molar-refractivity contribution in [1.82, 2.24) is 0 Å². The molecule has 4 atom stereocenters. The van der Waals surface area contributed by atoms with E-state index in [9.17, 15) is 10.1 Å². The summed E-state index contributed by atoms with van der Waals surface area (Å²) in [6, 6.07) is 12.7. The third-order valence-corrected chi connectivity index (χ3v) is 5.55. The van der Waals surface area contributed by atoms with Gasteiger partial charge in [0.1, 0.15) is 6.10 Å². The summed E-state index contributed by atoms with van der Waals surface area (Å²) in [6.45, 7) is 0.673. The summed E-state index contributed by atoms with van der Waals surface area (Å²) in [5.74, 6) is 0.947. The summed E-state index contributed by atoms with van der Waals surface area (Å²) >= 11 is 0. The number of rotatable bonds is 10. The maximum atomic E-state index is 11.3. The molecule has 1 aliphatic heterocycles. The molecule has 2 aromatic carbocycles. The molecule has 0 radical (unpaired) electrons. The van der Waals surface area contributed by atoms with Crippen molar-refractivity contribution in [3.05, 3.63) is 63.7 Å². The average Bonchev–Trinajstić information content (AvgIpc) is 3.26. The third kappa shape index (κ3) is 4.83. The molecule has 9 heteroatoms. The summed E-state index contributed by atoms with van der Waals surface area (Å²) in [6.07, 6.45) is -1.23. The number of hydrogen-bond donors (Lipinski definition) is 0. The summed E-state index contributed by atoms with van der Waals surface area (Å²) in [5, 5.41) is 10.5. The van der Waals surface area contributed by atoms with E-state index in [1.165, 1.54) is 7.11 Å². The molecule has 0 bridgehead atoms. The zero-order chi connectivity index (χ0) is 22.4. The number of benzene rings is 2. The summed E-state index contributed by atoms with van der Waals surface area (Å²) < 4.78 is 27.9. The van der Waals surface area contributed by atoms with Gasteiger partial charge < -0.3 is 28.5 Å². The van der Waals surface area contributed by atoms with Gasteiger partial charge in [-0.1, -0.05) is 30.3 Å². The fourth-order valence-electron chi connectivity index (χ4n) is 4.16. The first-order valence-electron chi connectivity index (χ1n) is 9.80. The minimum atomic E-state index is -0.789. The van der Waals surface area contributed by atoms with Gasteiger partial charge in [-0.2, -0.15) is 0 Å². The molecule has 1 heterocycles. The molecule has 2 aromatic rings. The van der Waals surface area contributed by atoms with E-state index in [2.05, 4.69) is 0 Å². The molecule has 0 N–H and O–H groups in total. The quantitative estimate of drug-likeness (QED) is 0.414. The molecule has 0 spiro atoms. The summed E-state index contributed by atoms with van der Waals surface area (Å²) in [7, 11) is 6.21. The van der Waals surface area contributed by atoms with Crippen molar-refractivity contribution in [2.24, 2.45) is 11.8 Å². The Balaban J connectivity index is 1.99. The van der Waals surface area contributed by atoms with Gasteiger partial charge in [-0.05, 0) is 23.3 Å². The van der Waals surface area contributed by atoms with Crippen LogP contribution in [0.15, 0.2) is 42.5 Å². The van der Waals surface area contributed by atoms with Gasteiger partial charge in [0.2, 0.25) is 5.75 Å². The van der Waals surface area contributed by atoms with Crippen molar-refractivity contribution in [2.75, 3.05) is 41.7 Å². The normalized spacial score (nSPS) is 20.0. The van der Waals surface area contributed by atoms with Crippen molar-refractivity contribution in [3.63, 3.8) is 0 Å². The SMILES string of the molecule is COc1cc(C(OC)[C@@H]2COC[C@H]2C(O[N+](=O)[O-])c2ccccc2)cc(OC)c1OC. The van der Waals surface area contributed by atoms with Crippen LogP contribution >= 0.6 is 0 Å². The maximum absolute atomic E-state index is 11.3. The van der Waals surface area contributed by atoms with Crippen molar-refractivity contribution in [2.45, 2.75) is 12.2 Å². The lowest BCUT2D eigenvalue weighted by Gasteiger charge is -2.31. The first-order chi connectivity index (χ1) is 15.0. The zero-order valence-electron chi connectivity index (χ0n) is 18.0. The molecular formula is C22H27NO8. The molecule has 9 nitrogen and oxygen atoms in total. The highest BCUT2D eigenvalue weighted by Crippen LogP contribution is 2.46. The van der Waals surface area contributed by atoms with Crippen LogP contribution in [0.2, 0.25) is 0 Å². The topological polar surface area (TPSA) is 98.5 Å². The van der Waals surface area contributed by atoms with Crippen molar-refractivity contribution in [3.8, 4) is 17.2 Å². The second-order valence-corrected chi connectivity index (χ2v) is 7.14. The molecule has 2 unspecified atom stereocenters. The predicted molar refractivity (Wildman–Crippen MR) is 111 cm³/mol. The Morgan fingerprint density at radius 3 is 1.97 bits per heavy atom. The van der Waals surface area contributed by atoms with E-state index in [0.717, 1.165) is 5.56 Å². The smallest absolute Gasteiger partial charge is 0.295 e. The number of hydrogen-bond acceptors (Lipinski definition) is 8. The molecule has 168 valence electrons. The van der Waals surface area contributed by atoms with Crippen LogP contribution in [0.25, 0.3) is 0 Å². The van der Waals surface area contributed by atoms with Crippen LogP contribution in [0.3, 0.4) is 0 Å². The Morgan fingerprint density at radius 1 is 0.903 bits per heavy atom. The molecule has 0 amide bonds. The van der Waals surface area contributed by atoms with Crippen molar-refractivity contribution < 1.29 is 33.6 Å². The first-order valence-corrected chi connectivity index (χ1v) is 9.80. The van der Waals surface area contributed by atoms with Crippen molar-refractivity contribution >= 4 is 0 Å². The van der Waals surface area contributed by atoms with Gasteiger partial charge in [-0.3, -0.25) is 0 Å². The minimum absolute atomic E-state index is 0.210. The lowest BCUT2D eigenvalue weighted by atomic mass is 9.81. The largest absolute Gasteiger partial charge is 0.493 e. The highest BCUT2D eigenvalue weighted by atomic mass is 17.0. The number of ether oxygens (including phenoxy) is 5. The highest BCUT2D eigenvalue weighted by Gasteiger charge is 2.43. The van der Waals surface area contributed by atoms with Gasteiger partial charge in [-0.25, -0.2) is 0 Å². The van der Waals surface area contributed by atoms with Crippen LogP contribution in [0.5, 0.6) is 17.2 Å². The molecule has 31 heavy (non-hydrogen) atoms. The lowest BCUT2D eigenvalue weighted by Crippen LogP contribution is -2.29. The standard InChI is InChI=1S/C22H27NO8/c1-26-18-10-15(11-19(27-2)22(18)29-4)20(28-3)16-12-30-13-17(16)21(31-23(24)25)14-8-6-5-7-9-14/h5-11,16-17,20-21H,12-13H2,1-4H3/t16-,17-,20?,21?/m1/s1. The molecule has 1 aliphatic rings. The second-order valence-electron chi connectivity index (χ2n) is 7.14. The minimum Gasteiger partial charge on any atom is -0.493 e. The van der Waals surface area contributed by atoms with Crippen LogP contribution in [0, 0.1) is 22.0 Å². The Labute approximate surface area is 180 Å². The van der Waals surface area contributed by atoms with E-state index >= 15 is 0 Å². The van der Waals surface area contributed by atoms with Crippen LogP contribution in [-0.2, 0) is 14.3 Å². The zero-order valence-corrected chi connectivity index (χ0v) is 18.0. The van der Waals surface area contributed by atoms with Gasteiger partial charge in [0.05, 0.1) is 40.6 Å². The van der Waals surface area contributed by atoms with Crippen LogP contribution in [0.4, 0.5) is 0 Å². The van der Waals surface area contributed by atoms with E-state index in [1.54, 1.807) is 21.3 Å². The molecular weight excluding hydrogens is 406 g/mol. The second kappa shape index (κ2) is 10.3. The fraction of sp³-hybridized carbons (Fsp3) is 0.455. The van der Waals surface area contributed by atoms with E-state index in [0.29, 0.717) is 36.0 Å². The van der Waals surface area contributed by atoms with Gasteiger partial charge in [0.15, 0.2) is 11.5 Å². The number of nitrogens with zero attached hydrogens (tertiary/aromatic N) is 1. The predicted octanol–water partition coefficient (Wildman–Crippen LogP) is 3.61. The highest BCUT2D eigenvalue weighted by molar-refractivity contribution is 5.54. The molecule has 1 saturated heterocycles. The Kier molecular flexibility index (Phi) is 7.54. The van der Waals surface area contributed by atoms with Crippen LogP contribution in [-0.4, -0.2) is 46.7 Å². The average molecular weight is 433 g/mol. The monoisotopic (exact) mass is 433 g/mol. The molecule has 1 fully saturated rings. The first kappa shape index (κ1) is 22.6. The Bertz CT molecular complexity index is 850. The van der Waals surface area contributed by atoms with Crippen LogP contribution in [0.1, 0.15) is 23.3 Å². The van der Waals surface area contributed by atoms with E-state index in [4.69, 9.17) is 28.5 Å². The van der Waals surface area contributed by atoms with E-state index in [1.807, 2.05) is 42.5 Å². The lowest BCUT2D eigenvalue weighted by molar-refractivity contribution is -0.773. The Morgan fingerprint density at radius 2 is 1.48 bits per heavy atom. The van der Waals surface area contributed by atoms with Crippen molar-refractivity contribution in [1.29, 1.82) is 0 Å². The summed E-state index contributed by atoms with van der Waals surface area (Å²) in [5.41, 5.74) is 1.49. The fourth-order valence-corrected chi connectivity index (χ4v) is 4.16. The van der Waals surface area contributed by atoms with Gasteiger partial charge in [-0.15, -0.1) is 10.1 Å². The van der Waals surface area contributed by atoms with Gasteiger partial charge in [0, 0.05) is 18.9 Å². The number of methoxy groups -OCH3 is 4. The third-order valence-electron chi connectivity index (χ3n) is 5.55. The van der Waals surface area contributed by atoms with Gasteiger partial charge >= 0.3 is 0 Å². The molecule has 0 saturated carbocycles. The molecule has 0 aromatic heterocycles. The van der Waals surface area contributed by atoms with Gasteiger partial charge in [0.25, 0.3) is 5.09 Å². The van der Waals surface area contributed by atoms with E-state index < -0.39 is 17.3 Å².